The van der Waals surface area contributed by atoms with Crippen LogP contribution in [-0.2, 0) is 18.4 Å². The average Bonchev–Trinajstić information content (AvgIpc) is 3.29. The van der Waals surface area contributed by atoms with Gasteiger partial charge in [-0.15, -0.1) is 0 Å². The van der Waals surface area contributed by atoms with Crippen molar-refractivity contribution in [1.82, 2.24) is 5.32 Å². The summed E-state index contributed by atoms with van der Waals surface area (Å²) >= 11 is 0. The van der Waals surface area contributed by atoms with E-state index in [4.69, 9.17) is 9.05 Å². The number of phosphoric acid groups is 1. The fraction of sp³-hybridized carbons (Fsp3) is 0.707. The lowest BCUT2D eigenvalue weighted by molar-refractivity contribution is -0.870. The van der Waals surface area contributed by atoms with E-state index in [-0.39, 0.29) is 19.1 Å². The number of nitrogens with one attached hydrogen (secondary N) is 1. The number of amides is 1. The zero-order valence-electron chi connectivity index (χ0n) is 43.8. The topological polar surface area (TPSA) is 108 Å². The zero-order chi connectivity index (χ0) is 49.2. The van der Waals surface area contributed by atoms with Crippen LogP contribution in [0.2, 0.25) is 0 Å². The molecule has 0 aromatic rings. The highest BCUT2D eigenvalue weighted by Crippen LogP contribution is 2.38. The van der Waals surface area contributed by atoms with Crippen molar-refractivity contribution in [2.75, 3.05) is 40.9 Å². The van der Waals surface area contributed by atoms with Crippen LogP contribution >= 0.6 is 7.82 Å². The molecule has 0 heterocycles. The third kappa shape index (κ3) is 51.1. The Morgan fingerprint density at radius 3 is 1.31 bits per heavy atom. The smallest absolute Gasteiger partial charge is 0.268 e. The third-order valence-electron chi connectivity index (χ3n) is 11.6. The molecule has 0 aliphatic carbocycles. The number of hydrogen-bond acceptors (Lipinski definition) is 6. The standard InChI is InChI=1S/C58H103N2O6P/c1-6-8-10-12-13-14-15-16-17-18-19-20-21-22-23-24-25-26-27-28-29-30-31-32-33-34-35-36-37-38-39-40-41-42-43-44-45-46-47-48-50-52-58(62)59-56(57(61)51-49-11-9-7-2)55-66-67(63,64)65-54-53-60(3,4)5/h8,10,13-14,16-17,19-20,22-23,25-26,28-29,31-32,56-57,61H,6-7,9,11-12,15,18,21,24,27,30,33-55H2,1-5H3,(H-,59,62,63,64)/b10-8-,14-13-,17-16-,20-19-,23-22-,26-25-,29-28-,32-31-. The molecule has 0 saturated carbocycles. The van der Waals surface area contributed by atoms with Gasteiger partial charge in [0.2, 0.25) is 5.91 Å². The van der Waals surface area contributed by atoms with E-state index in [0.29, 0.717) is 23.9 Å². The maximum atomic E-state index is 12.8. The number of allylic oxidation sites excluding steroid dienone is 16. The molecule has 3 atom stereocenters. The molecule has 0 radical (unpaired) electrons. The van der Waals surface area contributed by atoms with Gasteiger partial charge in [-0.2, -0.15) is 0 Å². The van der Waals surface area contributed by atoms with E-state index in [1.54, 1.807) is 0 Å². The van der Waals surface area contributed by atoms with Gasteiger partial charge in [-0.25, -0.2) is 0 Å². The second-order valence-corrected chi connectivity index (χ2v) is 20.6. The van der Waals surface area contributed by atoms with Gasteiger partial charge in [-0.1, -0.05) is 227 Å². The molecule has 9 heteroatoms. The van der Waals surface area contributed by atoms with Crippen molar-refractivity contribution in [3.63, 3.8) is 0 Å². The van der Waals surface area contributed by atoms with Crippen LogP contribution in [0.4, 0.5) is 0 Å². The van der Waals surface area contributed by atoms with Crippen LogP contribution < -0.4 is 10.2 Å². The van der Waals surface area contributed by atoms with Gasteiger partial charge in [-0.05, 0) is 77.0 Å². The van der Waals surface area contributed by atoms with Crippen molar-refractivity contribution in [2.24, 2.45) is 0 Å². The molecule has 1 amide bonds. The van der Waals surface area contributed by atoms with E-state index in [0.717, 1.165) is 96.3 Å². The average molecular weight is 955 g/mol. The molecule has 0 saturated heterocycles. The molecular formula is C58H103N2O6P. The molecule has 67 heavy (non-hydrogen) atoms. The maximum Gasteiger partial charge on any atom is 0.268 e. The minimum Gasteiger partial charge on any atom is -0.756 e. The van der Waals surface area contributed by atoms with Crippen molar-refractivity contribution in [3.8, 4) is 0 Å². The van der Waals surface area contributed by atoms with Gasteiger partial charge in [0.15, 0.2) is 0 Å². The molecule has 0 bridgehead atoms. The van der Waals surface area contributed by atoms with Gasteiger partial charge < -0.3 is 28.8 Å². The molecular weight excluding hydrogens is 852 g/mol. The molecule has 0 rings (SSSR count). The third-order valence-corrected chi connectivity index (χ3v) is 12.6. The van der Waals surface area contributed by atoms with Crippen LogP contribution in [0.1, 0.15) is 213 Å². The van der Waals surface area contributed by atoms with Crippen LogP contribution in [0.15, 0.2) is 97.2 Å². The lowest BCUT2D eigenvalue weighted by atomic mass is 10.0. The Bertz CT molecular complexity index is 1410. The Hall–Kier alpha value is -2.58. The number of phosphoric ester groups is 1. The first-order valence-electron chi connectivity index (χ1n) is 27.1. The maximum absolute atomic E-state index is 12.8. The summed E-state index contributed by atoms with van der Waals surface area (Å²) in [5.41, 5.74) is 0. The molecule has 0 aromatic heterocycles. The van der Waals surface area contributed by atoms with Crippen molar-refractivity contribution in [3.05, 3.63) is 97.2 Å². The molecule has 3 unspecified atom stereocenters. The number of carbonyl (C=O) groups is 1. The Kier molecular flexibility index (Phi) is 46.6. The second kappa shape index (κ2) is 48.4. The molecule has 0 aliphatic heterocycles. The van der Waals surface area contributed by atoms with Crippen LogP contribution in [-0.4, -0.2) is 68.5 Å². The first-order valence-corrected chi connectivity index (χ1v) is 28.5. The highest BCUT2D eigenvalue weighted by atomic mass is 31.2. The van der Waals surface area contributed by atoms with E-state index >= 15 is 0 Å². The van der Waals surface area contributed by atoms with Gasteiger partial charge >= 0.3 is 0 Å². The van der Waals surface area contributed by atoms with Gasteiger partial charge in [0, 0.05) is 6.42 Å². The highest BCUT2D eigenvalue weighted by molar-refractivity contribution is 7.45. The summed E-state index contributed by atoms with van der Waals surface area (Å²) in [4.78, 5) is 25.1. The van der Waals surface area contributed by atoms with Gasteiger partial charge in [0.1, 0.15) is 13.2 Å². The lowest BCUT2D eigenvalue weighted by Crippen LogP contribution is -2.46. The summed E-state index contributed by atoms with van der Waals surface area (Å²) in [6, 6.07) is -0.799. The Morgan fingerprint density at radius 2 is 0.910 bits per heavy atom. The largest absolute Gasteiger partial charge is 0.756 e. The van der Waals surface area contributed by atoms with Crippen molar-refractivity contribution >= 4 is 13.7 Å². The highest BCUT2D eigenvalue weighted by Gasteiger charge is 2.24. The SMILES string of the molecule is CC/C=C\C/C=C\C/C=C\C/C=C\C/C=C\C/C=C\C/C=C\C/C=C\CCCCCCCCCCCCCCCCCCC(=O)NC(COP(=O)([O-])OCC[N+](C)(C)C)C(O)CCCCCC. The number of nitrogens with zero attached hydrogens (tertiary/aromatic N) is 1. The number of unbranched alkanes of at least 4 members (excludes halogenated alkanes) is 19. The summed E-state index contributed by atoms with van der Waals surface area (Å²) in [5, 5.41) is 13.7. The predicted molar refractivity (Wildman–Crippen MR) is 288 cm³/mol. The van der Waals surface area contributed by atoms with Crippen LogP contribution in [0.5, 0.6) is 0 Å². The summed E-state index contributed by atoms with van der Waals surface area (Å²) < 4.78 is 23.1. The monoisotopic (exact) mass is 955 g/mol. The number of carbonyl (C=O) groups excluding carboxylic acids is 1. The number of hydrogen-bond donors (Lipinski definition) is 2. The van der Waals surface area contributed by atoms with E-state index in [2.05, 4.69) is 116 Å². The molecule has 2 N–H and O–H groups in total. The molecule has 8 nitrogen and oxygen atoms in total. The minimum absolute atomic E-state index is 0.00842. The fourth-order valence-corrected chi connectivity index (χ4v) is 8.07. The van der Waals surface area contributed by atoms with Crippen molar-refractivity contribution < 1.29 is 32.9 Å². The van der Waals surface area contributed by atoms with Crippen LogP contribution in [0, 0.1) is 0 Å². The second-order valence-electron chi connectivity index (χ2n) is 19.2. The van der Waals surface area contributed by atoms with E-state index in [1.165, 1.54) is 89.9 Å². The van der Waals surface area contributed by atoms with E-state index in [1.807, 2.05) is 21.1 Å². The zero-order valence-corrected chi connectivity index (χ0v) is 44.7. The summed E-state index contributed by atoms with van der Waals surface area (Å²) in [5.74, 6) is -0.177. The molecule has 386 valence electrons. The Balaban J connectivity index is 3.76. The summed E-state index contributed by atoms with van der Waals surface area (Å²) in [6.07, 6.45) is 69.5. The Morgan fingerprint density at radius 1 is 0.537 bits per heavy atom. The molecule has 0 aromatic carbocycles. The van der Waals surface area contributed by atoms with Crippen LogP contribution in [0.25, 0.3) is 0 Å². The number of rotatable bonds is 48. The van der Waals surface area contributed by atoms with Gasteiger partial charge in [0.25, 0.3) is 7.82 Å². The normalized spacial score (nSPS) is 14.8. The lowest BCUT2D eigenvalue weighted by Gasteiger charge is -2.30. The minimum atomic E-state index is -4.55. The van der Waals surface area contributed by atoms with E-state index in [9.17, 15) is 19.4 Å². The van der Waals surface area contributed by atoms with Gasteiger partial charge in [-0.3, -0.25) is 9.36 Å². The number of aliphatic hydroxyl groups excluding tert-OH is 1. The summed E-state index contributed by atoms with van der Waals surface area (Å²) in [6.45, 7) is 4.47. The quantitative estimate of drug-likeness (QED) is 0.0272. The van der Waals surface area contributed by atoms with E-state index < -0.39 is 20.0 Å². The summed E-state index contributed by atoms with van der Waals surface area (Å²) in [7, 11) is 1.29. The fourth-order valence-electron chi connectivity index (χ4n) is 7.35. The van der Waals surface area contributed by atoms with Crippen LogP contribution in [0.3, 0.4) is 0 Å². The first kappa shape index (κ1) is 64.4. The number of quaternary nitrogens is 1. The Labute approximate surface area is 413 Å². The predicted octanol–water partition coefficient (Wildman–Crippen LogP) is 15.6. The first-order chi connectivity index (χ1) is 32.5. The molecule has 0 spiro atoms. The molecule has 0 aliphatic rings. The number of likely N-dealkylation sites (N-methyl/N-ethyl adjacent to an activating group) is 1. The van der Waals surface area contributed by atoms with Crippen molar-refractivity contribution in [1.29, 1.82) is 0 Å². The van der Waals surface area contributed by atoms with Gasteiger partial charge in [0.05, 0.1) is 39.9 Å². The number of aliphatic hydroxyl groups is 1. The van der Waals surface area contributed by atoms with Crippen molar-refractivity contribution in [2.45, 2.75) is 225 Å². The molecule has 0 fully saturated rings.